The van der Waals surface area contributed by atoms with Gasteiger partial charge in [-0.3, -0.25) is 0 Å². The standard InChI is InChI=1S/C45H60N2/c1-6-7-9-12-38(37-13-10-8-11-14-37)23-26-45(39-19-15-35(16-20-39)33(4)43-27-24-41(46)29-31(43)2)40-21-17-36(18-22-40)34(5)44-28-25-42(47)30-32(44)3/h15-22,24-25,27-30,33-34,37-38,45H,6-14,23,26,46-47H2,1-5H3. The summed E-state index contributed by atoms with van der Waals surface area (Å²) in [6.07, 6.45) is 15.2. The highest BCUT2D eigenvalue weighted by molar-refractivity contribution is 5.49. The fraction of sp³-hybridized carbons (Fsp3) is 0.467. The smallest absolute Gasteiger partial charge is 0.0316 e. The summed E-state index contributed by atoms with van der Waals surface area (Å²) in [5.41, 5.74) is 24.7. The third kappa shape index (κ3) is 8.89. The Labute approximate surface area is 286 Å². The van der Waals surface area contributed by atoms with E-state index < -0.39 is 0 Å². The van der Waals surface area contributed by atoms with E-state index in [1.54, 1.807) is 0 Å². The van der Waals surface area contributed by atoms with Gasteiger partial charge in [0.15, 0.2) is 0 Å². The Hall–Kier alpha value is -3.52. The van der Waals surface area contributed by atoms with Crippen LogP contribution in [0, 0.1) is 25.7 Å². The maximum atomic E-state index is 6.07. The van der Waals surface area contributed by atoms with Gasteiger partial charge in [0, 0.05) is 29.1 Å². The first-order valence-corrected chi connectivity index (χ1v) is 18.7. The second-order valence-electron chi connectivity index (χ2n) is 14.8. The lowest BCUT2D eigenvalue weighted by Gasteiger charge is -2.32. The van der Waals surface area contributed by atoms with Crippen molar-refractivity contribution in [1.29, 1.82) is 0 Å². The van der Waals surface area contributed by atoms with Gasteiger partial charge in [0.2, 0.25) is 0 Å². The molecule has 1 aliphatic rings. The molecule has 2 heteroatoms. The van der Waals surface area contributed by atoms with Gasteiger partial charge in [-0.1, -0.05) is 139 Å². The Bertz CT molecular complexity index is 1440. The maximum absolute atomic E-state index is 6.07. The van der Waals surface area contributed by atoms with E-state index in [-0.39, 0.29) is 0 Å². The van der Waals surface area contributed by atoms with Crippen molar-refractivity contribution >= 4 is 11.4 Å². The lowest BCUT2D eigenvalue weighted by molar-refractivity contribution is 0.215. The summed E-state index contributed by atoms with van der Waals surface area (Å²) in [6.45, 7) is 11.3. The minimum atomic E-state index is 0.329. The zero-order valence-electron chi connectivity index (χ0n) is 29.9. The summed E-state index contributed by atoms with van der Waals surface area (Å²) in [5, 5.41) is 0. The van der Waals surface area contributed by atoms with Crippen molar-refractivity contribution in [3.05, 3.63) is 129 Å². The topological polar surface area (TPSA) is 52.0 Å². The first-order valence-electron chi connectivity index (χ1n) is 18.7. The van der Waals surface area contributed by atoms with Crippen molar-refractivity contribution in [2.75, 3.05) is 11.5 Å². The van der Waals surface area contributed by atoms with E-state index in [4.69, 9.17) is 11.5 Å². The minimum Gasteiger partial charge on any atom is -0.399 e. The number of benzene rings is 4. The van der Waals surface area contributed by atoms with E-state index in [2.05, 4.69) is 107 Å². The first-order chi connectivity index (χ1) is 22.7. The number of nitrogens with two attached hydrogens (primary N) is 2. The highest BCUT2D eigenvalue weighted by Crippen LogP contribution is 2.40. The number of hydrogen-bond donors (Lipinski definition) is 2. The van der Waals surface area contributed by atoms with Gasteiger partial charge in [-0.2, -0.15) is 0 Å². The number of unbranched alkanes of at least 4 members (excludes halogenated alkanes) is 2. The molecule has 0 amide bonds. The third-order valence-electron chi connectivity index (χ3n) is 11.5. The summed E-state index contributed by atoms with van der Waals surface area (Å²) in [4.78, 5) is 0. The molecular weight excluding hydrogens is 569 g/mol. The van der Waals surface area contributed by atoms with Gasteiger partial charge >= 0.3 is 0 Å². The molecule has 0 radical (unpaired) electrons. The van der Waals surface area contributed by atoms with Crippen molar-refractivity contribution in [2.24, 2.45) is 11.8 Å². The van der Waals surface area contributed by atoms with Crippen LogP contribution in [0.15, 0.2) is 84.9 Å². The number of hydrogen-bond acceptors (Lipinski definition) is 2. The SMILES string of the molecule is CCCCCC(CCC(c1ccc(C(C)c2ccc(N)cc2C)cc1)c1ccc(C(C)c2ccc(N)cc2C)cc1)C1CCCCC1. The molecule has 0 spiro atoms. The molecule has 4 aromatic rings. The Morgan fingerprint density at radius 2 is 1.04 bits per heavy atom. The molecule has 0 aliphatic heterocycles. The lowest BCUT2D eigenvalue weighted by Crippen LogP contribution is -2.19. The average molecular weight is 629 g/mol. The van der Waals surface area contributed by atoms with Gasteiger partial charge < -0.3 is 11.5 Å². The molecule has 3 unspecified atom stereocenters. The molecule has 4 N–H and O–H groups in total. The van der Waals surface area contributed by atoms with Crippen LogP contribution < -0.4 is 11.5 Å². The predicted molar refractivity (Wildman–Crippen MR) is 204 cm³/mol. The molecule has 3 atom stereocenters. The van der Waals surface area contributed by atoms with Crippen molar-refractivity contribution in [2.45, 2.75) is 123 Å². The van der Waals surface area contributed by atoms with Gasteiger partial charge in [0.1, 0.15) is 0 Å². The molecule has 5 rings (SSSR count). The fourth-order valence-electron chi connectivity index (χ4n) is 8.55. The third-order valence-corrected chi connectivity index (χ3v) is 11.5. The van der Waals surface area contributed by atoms with Crippen LogP contribution in [0.5, 0.6) is 0 Å². The van der Waals surface area contributed by atoms with Crippen molar-refractivity contribution in [3.63, 3.8) is 0 Å². The van der Waals surface area contributed by atoms with Gasteiger partial charge in [-0.15, -0.1) is 0 Å². The Balaban J connectivity index is 1.41. The average Bonchev–Trinajstić information content (AvgIpc) is 3.08. The predicted octanol–water partition coefficient (Wildman–Crippen LogP) is 12.5. The van der Waals surface area contributed by atoms with Gasteiger partial charge in [0.05, 0.1) is 0 Å². The number of anilines is 2. The second-order valence-corrected chi connectivity index (χ2v) is 14.8. The van der Waals surface area contributed by atoms with Crippen LogP contribution in [-0.4, -0.2) is 0 Å². The van der Waals surface area contributed by atoms with Crippen LogP contribution in [0.3, 0.4) is 0 Å². The van der Waals surface area contributed by atoms with Crippen LogP contribution in [-0.2, 0) is 0 Å². The van der Waals surface area contributed by atoms with Crippen LogP contribution in [0.25, 0.3) is 0 Å². The molecule has 47 heavy (non-hydrogen) atoms. The summed E-state index contributed by atoms with van der Waals surface area (Å²) in [5.74, 6) is 2.83. The second kappa shape index (κ2) is 16.5. The highest BCUT2D eigenvalue weighted by Gasteiger charge is 2.26. The van der Waals surface area contributed by atoms with Gasteiger partial charge in [0.25, 0.3) is 0 Å². The van der Waals surface area contributed by atoms with Crippen LogP contribution >= 0.6 is 0 Å². The van der Waals surface area contributed by atoms with Crippen molar-refractivity contribution < 1.29 is 0 Å². The zero-order valence-corrected chi connectivity index (χ0v) is 29.9. The molecular formula is C45H60N2. The monoisotopic (exact) mass is 628 g/mol. The van der Waals surface area contributed by atoms with E-state index in [0.29, 0.717) is 17.8 Å². The van der Waals surface area contributed by atoms with Crippen LogP contribution in [0.1, 0.15) is 154 Å². The molecule has 2 nitrogen and oxygen atoms in total. The van der Waals surface area contributed by atoms with Crippen LogP contribution in [0.4, 0.5) is 11.4 Å². The maximum Gasteiger partial charge on any atom is 0.0316 e. The number of rotatable bonds is 14. The molecule has 1 fully saturated rings. The minimum absolute atomic E-state index is 0.329. The van der Waals surface area contributed by atoms with Crippen molar-refractivity contribution in [1.82, 2.24) is 0 Å². The fourth-order valence-corrected chi connectivity index (χ4v) is 8.55. The first kappa shape index (κ1) is 34.8. The van der Waals surface area contributed by atoms with E-state index >= 15 is 0 Å². The molecule has 0 bridgehead atoms. The van der Waals surface area contributed by atoms with Gasteiger partial charge in [-0.05, 0) is 107 Å². The van der Waals surface area contributed by atoms with E-state index in [1.807, 2.05) is 12.1 Å². The normalized spacial score (nSPS) is 16.4. The van der Waals surface area contributed by atoms with E-state index in [1.165, 1.54) is 115 Å². The summed E-state index contributed by atoms with van der Waals surface area (Å²) in [7, 11) is 0. The van der Waals surface area contributed by atoms with Gasteiger partial charge in [-0.25, -0.2) is 0 Å². The van der Waals surface area contributed by atoms with E-state index in [0.717, 1.165) is 23.2 Å². The molecule has 4 aromatic carbocycles. The molecule has 0 heterocycles. The number of aryl methyl sites for hydroxylation is 2. The summed E-state index contributed by atoms with van der Waals surface area (Å²) >= 11 is 0. The molecule has 250 valence electrons. The largest absolute Gasteiger partial charge is 0.399 e. The highest BCUT2D eigenvalue weighted by atomic mass is 14.5. The Morgan fingerprint density at radius 1 is 0.574 bits per heavy atom. The molecule has 0 saturated heterocycles. The summed E-state index contributed by atoms with van der Waals surface area (Å²) < 4.78 is 0. The molecule has 1 saturated carbocycles. The number of nitrogen functional groups attached to an aromatic ring is 2. The lowest BCUT2D eigenvalue weighted by atomic mass is 9.74. The van der Waals surface area contributed by atoms with Crippen LogP contribution in [0.2, 0.25) is 0 Å². The molecule has 1 aliphatic carbocycles. The summed E-state index contributed by atoms with van der Waals surface area (Å²) in [6, 6.07) is 31.9. The Morgan fingerprint density at radius 3 is 1.49 bits per heavy atom. The van der Waals surface area contributed by atoms with Crippen molar-refractivity contribution in [3.8, 4) is 0 Å². The zero-order chi connectivity index (χ0) is 33.3. The quantitative estimate of drug-likeness (QED) is 0.108. The Kier molecular flexibility index (Phi) is 12.2. The molecule has 0 aromatic heterocycles. The van der Waals surface area contributed by atoms with E-state index in [9.17, 15) is 0 Å².